The van der Waals surface area contributed by atoms with Gasteiger partial charge in [0.1, 0.15) is 5.41 Å². The number of allylic oxidation sites excluding steroid dienone is 1. The second kappa shape index (κ2) is 6.07. The number of rotatable bonds is 4. The van der Waals surface area contributed by atoms with Gasteiger partial charge < -0.3 is 20.3 Å². The molecule has 0 aromatic rings. The number of methoxy groups -OCH3 is 1. The van der Waals surface area contributed by atoms with Crippen molar-refractivity contribution in [1.82, 2.24) is 5.32 Å². The monoisotopic (exact) mass is 351 g/mol. The number of esters is 1. The van der Waals surface area contributed by atoms with Gasteiger partial charge in [0.15, 0.2) is 5.78 Å². The third-order valence-electron chi connectivity index (χ3n) is 6.39. The fourth-order valence-corrected chi connectivity index (χ4v) is 4.69. The van der Waals surface area contributed by atoms with E-state index in [0.29, 0.717) is 5.57 Å². The molecule has 7 nitrogen and oxygen atoms in total. The Balaban J connectivity index is 2.77. The lowest BCUT2D eigenvalue weighted by atomic mass is 9.43. The summed E-state index contributed by atoms with van der Waals surface area (Å²) in [5.74, 6) is -2.73. The molecule has 2 rings (SSSR count). The molecule has 0 heterocycles. The van der Waals surface area contributed by atoms with E-state index in [1.54, 1.807) is 14.0 Å². The average molecular weight is 351 g/mol. The van der Waals surface area contributed by atoms with Crippen LogP contribution in [0.25, 0.3) is 0 Å². The van der Waals surface area contributed by atoms with Crippen molar-refractivity contribution in [1.29, 1.82) is 0 Å². The predicted octanol–water partition coefficient (Wildman–Crippen LogP) is 0.681. The number of carboxylic acid groups (broad SMARTS) is 1. The molecular weight excluding hydrogens is 326 g/mol. The van der Waals surface area contributed by atoms with Crippen molar-refractivity contribution in [3.05, 3.63) is 24.3 Å². The zero-order valence-electron chi connectivity index (χ0n) is 15.0. The molecule has 25 heavy (non-hydrogen) atoms. The molecule has 0 spiro atoms. The summed E-state index contributed by atoms with van der Waals surface area (Å²) < 4.78 is 4.73. The number of aliphatic carboxylic acids is 1. The van der Waals surface area contributed by atoms with Crippen LogP contribution >= 0.6 is 0 Å². The molecule has 0 bridgehead atoms. The second-order valence-corrected chi connectivity index (χ2v) is 7.19. The highest BCUT2D eigenvalue weighted by Gasteiger charge is 2.70. The number of hydrogen-bond acceptors (Lipinski definition) is 6. The first kappa shape index (κ1) is 19.3. The van der Waals surface area contributed by atoms with Gasteiger partial charge >= 0.3 is 11.9 Å². The van der Waals surface area contributed by atoms with Gasteiger partial charge in [0, 0.05) is 5.92 Å². The number of hydrogen-bond donors (Lipinski definition) is 3. The number of aliphatic hydroxyl groups is 1. The third kappa shape index (κ3) is 2.29. The molecule has 7 heteroatoms. The van der Waals surface area contributed by atoms with Crippen molar-refractivity contribution in [3.63, 3.8) is 0 Å². The second-order valence-electron chi connectivity index (χ2n) is 7.19. The number of carbonyl (C=O) groups is 3. The summed E-state index contributed by atoms with van der Waals surface area (Å²) in [4.78, 5) is 37.0. The predicted molar refractivity (Wildman–Crippen MR) is 89.7 cm³/mol. The van der Waals surface area contributed by atoms with Gasteiger partial charge in [-0.1, -0.05) is 12.7 Å². The number of nitrogens with one attached hydrogen (secondary N) is 1. The van der Waals surface area contributed by atoms with Gasteiger partial charge in [-0.25, -0.2) is 0 Å². The van der Waals surface area contributed by atoms with E-state index < -0.39 is 40.3 Å². The molecule has 0 aliphatic heterocycles. The minimum absolute atomic E-state index is 0.00458. The average Bonchev–Trinajstić information content (AvgIpc) is 2.57. The van der Waals surface area contributed by atoms with Crippen molar-refractivity contribution in [2.75, 3.05) is 14.2 Å². The minimum atomic E-state index is -1.46. The van der Waals surface area contributed by atoms with Crippen LogP contribution in [0.1, 0.15) is 26.7 Å². The number of ketones is 1. The fourth-order valence-electron chi connectivity index (χ4n) is 4.69. The Morgan fingerprint density at radius 1 is 1.44 bits per heavy atom. The van der Waals surface area contributed by atoms with Crippen LogP contribution in [0.15, 0.2) is 24.3 Å². The maximum Gasteiger partial charge on any atom is 0.315 e. The number of fused-ring (bicyclic) bond motifs is 1. The Morgan fingerprint density at radius 3 is 2.52 bits per heavy atom. The van der Waals surface area contributed by atoms with Crippen LogP contribution in [0.3, 0.4) is 0 Å². The van der Waals surface area contributed by atoms with Crippen LogP contribution in [-0.4, -0.2) is 53.7 Å². The highest BCUT2D eigenvalue weighted by Crippen LogP contribution is 2.60. The number of ether oxygens (including phenoxy) is 1. The first-order chi connectivity index (χ1) is 11.5. The lowest BCUT2D eigenvalue weighted by molar-refractivity contribution is -0.168. The maximum atomic E-state index is 13.0. The van der Waals surface area contributed by atoms with Crippen molar-refractivity contribution < 1.29 is 29.3 Å². The van der Waals surface area contributed by atoms with E-state index in [-0.39, 0.29) is 18.6 Å². The van der Waals surface area contributed by atoms with E-state index in [0.717, 1.165) is 0 Å². The topological polar surface area (TPSA) is 113 Å². The van der Waals surface area contributed by atoms with Gasteiger partial charge in [0.05, 0.1) is 30.6 Å². The Kier molecular flexibility index (Phi) is 4.69. The van der Waals surface area contributed by atoms with Crippen molar-refractivity contribution in [3.8, 4) is 0 Å². The highest BCUT2D eigenvalue weighted by atomic mass is 16.5. The molecule has 0 radical (unpaired) electrons. The summed E-state index contributed by atoms with van der Waals surface area (Å²) in [7, 11) is 2.81. The van der Waals surface area contributed by atoms with Crippen LogP contribution in [0, 0.1) is 16.7 Å². The van der Waals surface area contributed by atoms with E-state index in [2.05, 4.69) is 11.9 Å². The molecule has 1 fully saturated rings. The van der Waals surface area contributed by atoms with E-state index >= 15 is 0 Å². The summed E-state index contributed by atoms with van der Waals surface area (Å²) in [6, 6.07) is 0. The first-order valence-electron chi connectivity index (χ1n) is 8.11. The van der Waals surface area contributed by atoms with Crippen molar-refractivity contribution >= 4 is 17.7 Å². The molecule has 0 saturated heterocycles. The van der Waals surface area contributed by atoms with E-state index in [4.69, 9.17) is 4.74 Å². The molecular formula is C18H25NO6. The van der Waals surface area contributed by atoms with E-state index in [1.165, 1.54) is 26.2 Å². The van der Waals surface area contributed by atoms with Crippen LogP contribution in [0.5, 0.6) is 0 Å². The third-order valence-corrected chi connectivity index (χ3v) is 6.39. The van der Waals surface area contributed by atoms with Crippen LogP contribution in [0.4, 0.5) is 0 Å². The molecule has 5 atom stereocenters. The van der Waals surface area contributed by atoms with Crippen LogP contribution in [-0.2, 0) is 19.1 Å². The molecule has 0 amide bonds. The maximum absolute atomic E-state index is 13.0. The SMILES string of the molecule is C=C1[C@H](O)C[C@@]2(NC)[C@](C)(C(=O)O)C=CC(=O)[C@]2(C)[C@H]1CC(=O)OC. The normalized spacial score (nSPS) is 40.5. The molecule has 0 aromatic heterocycles. The Hall–Kier alpha value is -1.99. The Bertz CT molecular complexity index is 670. The van der Waals surface area contributed by atoms with Gasteiger partial charge in [-0.3, -0.25) is 14.4 Å². The standard InChI is InChI=1S/C18H25NO6/c1-10-11(8-14(22)25-5)17(3)13(21)6-7-16(2,15(23)24)18(17,19-4)9-12(10)20/h6-7,11-12,19-20H,1,8-9H2,2-5H3,(H,23,24)/t11-,12+,16-,17-,18+/m0/s1. The summed E-state index contributed by atoms with van der Waals surface area (Å²) in [5.41, 5.74) is -3.69. The zero-order valence-corrected chi connectivity index (χ0v) is 15.0. The first-order valence-corrected chi connectivity index (χ1v) is 8.11. The van der Waals surface area contributed by atoms with Gasteiger partial charge in [0.25, 0.3) is 0 Å². The molecule has 0 unspecified atom stereocenters. The zero-order chi connectivity index (χ0) is 19.2. The smallest absolute Gasteiger partial charge is 0.315 e. The lowest BCUT2D eigenvalue weighted by Crippen LogP contribution is -2.76. The quantitative estimate of drug-likeness (QED) is 0.504. The van der Waals surface area contributed by atoms with E-state index in [1.807, 2.05) is 0 Å². The fraction of sp³-hybridized carbons (Fsp3) is 0.611. The van der Waals surface area contributed by atoms with Crippen molar-refractivity contribution in [2.24, 2.45) is 16.7 Å². The number of carbonyl (C=O) groups excluding carboxylic acids is 2. The molecule has 3 N–H and O–H groups in total. The summed E-state index contributed by atoms with van der Waals surface area (Å²) in [6.07, 6.45) is 1.41. The van der Waals surface area contributed by atoms with E-state index in [9.17, 15) is 24.6 Å². The van der Waals surface area contributed by atoms with Crippen LogP contribution < -0.4 is 5.32 Å². The molecule has 2 aliphatic rings. The summed E-state index contributed by atoms with van der Waals surface area (Å²) in [6.45, 7) is 7.04. The molecule has 1 saturated carbocycles. The number of carboxylic acids is 1. The summed E-state index contributed by atoms with van der Waals surface area (Å²) >= 11 is 0. The highest BCUT2D eigenvalue weighted by molar-refractivity contribution is 6.01. The minimum Gasteiger partial charge on any atom is -0.481 e. The molecule has 138 valence electrons. The summed E-state index contributed by atoms with van der Waals surface area (Å²) in [5, 5.41) is 23.5. The Labute approximate surface area is 146 Å². The molecule has 0 aromatic carbocycles. The van der Waals surface area contributed by atoms with Crippen LogP contribution in [0.2, 0.25) is 0 Å². The largest absolute Gasteiger partial charge is 0.481 e. The van der Waals surface area contributed by atoms with Gasteiger partial charge in [-0.05, 0) is 39.0 Å². The Morgan fingerprint density at radius 2 is 2.04 bits per heavy atom. The molecule has 2 aliphatic carbocycles. The van der Waals surface area contributed by atoms with Gasteiger partial charge in [0.2, 0.25) is 0 Å². The van der Waals surface area contributed by atoms with Gasteiger partial charge in [-0.15, -0.1) is 0 Å². The number of aliphatic hydroxyl groups excluding tert-OH is 1. The lowest BCUT2D eigenvalue weighted by Gasteiger charge is -2.62. The van der Waals surface area contributed by atoms with Crippen molar-refractivity contribution in [2.45, 2.75) is 38.3 Å². The van der Waals surface area contributed by atoms with Gasteiger partial charge in [-0.2, -0.15) is 0 Å².